The molecule has 218 valence electrons. The van der Waals surface area contributed by atoms with Gasteiger partial charge in [-0.05, 0) is 59.7 Å². The van der Waals surface area contributed by atoms with E-state index < -0.39 is 0 Å². The first-order valence-electron chi connectivity index (χ1n) is 14.4. The van der Waals surface area contributed by atoms with Crippen LogP contribution in [0.4, 0.5) is 4.39 Å². The van der Waals surface area contributed by atoms with E-state index in [4.69, 9.17) is 18.7 Å². The van der Waals surface area contributed by atoms with Gasteiger partial charge in [-0.1, -0.05) is 6.07 Å². The molecular formula is C34H32FN4O4+. The van der Waals surface area contributed by atoms with Crippen LogP contribution in [0.1, 0.15) is 11.1 Å². The predicted molar refractivity (Wildman–Crippen MR) is 160 cm³/mol. The topological polar surface area (TPSA) is 87.8 Å². The minimum Gasteiger partial charge on any atom is -0.456 e. The maximum Gasteiger partial charge on any atom is 0.252 e. The molecule has 9 heteroatoms. The van der Waals surface area contributed by atoms with Crippen LogP contribution >= 0.6 is 0 Å². The summed E-state index contributed by atoms with van der Waals surface area (Å²) in [6, 6.07) is 21.3. The predicted octanol–water partition coefficient (Wildman–Crippen LogP) is 5.28. The van der Waals surface area contributed by atoms with E-state index in [9.17, 15) is 4.39 Å². The molecule has 0 aliphatic carbocycles. The smallest absolute Gasteiger partial charge is 0.252 e. The van der Waals surface area contributed by atoms with Crippen molar-refractivity contribution in [2.24, 2.45) is 0 Å². The number of nitrogens with zero attached hydrogens (tertiary/aromatic N) is 3. The summed E-state index contributed by atoms with van der Waals surface area (Å²) >= 11 is 0. The highest BCUT2D eigenvalue weighted by Crippen LogP contribution is 2.31. The van der Waals surface area contributed by atoms with Crippen molar-refractivity contribution in [1.29, 1.82) is 0 Å². The lowest BCUT2D eigenvalue weighted by Crippen LogP contribution is -2.53. The third kappa shape index (κ3) is 6.07. The molecule has 1 fully saturated rings. The molecule has 4 aromatic heterocycles. The molecule has 0 bridgehead atoms. The Morgan fingerprint density at radius 3 is 2.60 bits per heavy atom. The van der Waals surface area contributed by atoms with Crippen molar-refractivity contribution in [1.82, 2.24) is 15.2 Å². The monoisotopic (exact) mass is 579 g/mol. The van der Waals surface area contributed by atoms with Gasteiger partial charge >= 0.3 is 0 Å². The van der Waals surface area contributed by atoms with E-state index in [1.807, 2.05) is 59.6 Å². The number of halogens is 1. The number of aromatic nitrogens is 2. The van der Waals surface area contributed by atoms with E-state index in [0.717, 1.165) is 53.1 Å². The maximum atomic E-state index is 14.7. The van der Waals surface area contributed by atoms with Crippen LogP contribution in [0, 0.1) is 5.82 Å². The SMILES string of the molecule is OCCNCc1cc(F)c2cc(-c3cc[n+](COC4CN(Cc5ccc6oc(-c7cccnc7)cc6c5)C4)cc3)oc2c1. The van der Waals surface area contributed by atoms with Gasteiger partial charge in [-0.25, -0.2) is 4.39 Å². The third-order valence-corrected chi connectivity index (χ3v) is 7.76. The summed E-state index contributed by atoms with van der Waals surface area (Å²) in [6.45, 7) is 4.03. The molecular weight excluding hydrogens is 547 g/mol. The van der Waals surface area contributed by atoms with Gasteiger partial charge in [0.2, 0.25) is 0 Å². The molecule has 5 heterocycles. The average Bonchev–Trinajstić information content (AvgIpc) is 3.64. The Balaban J connectivity index is 0.911. The molecule has 7 rings (SSSR count). The summed E-state index contributed by atoms with van der Waals surface area (Å²) in [4.78, 5) is 6.56. The van der Waals surface area contributed by atoms with Crippen molar-refractivity contribution in [2.45, 2.75) is 25.9 Å². The first kappa shape index (κ1) is 27.4. The maximum absolute atomic E-state index is 14.7. The molecule has 0 radical (unpaired) electrons. The second kappa shape index (κ2) is 12.1. The van der Waals surface area contributed by atoms with Crippen LogP contribution in [-0.2, 0) is 24.6 Å². The number of aliphatic hydroxyl groups excluding tert-OH is 1. The van der Waals surface area contributed by atoms with E-state index >= 15 is 0 Å². The Hall–Kier alpha value is -4.41. The molecule has 0 spiro atoms. The van der Waals surface area contributed by atoms with E-state index in [-0.39, 0.29) is 18.5 Å². The normalized spacial score (nSPS) is 14.1. The van der Waals surface area contributed by atoms with E-state index in [0.29, 0.717) is 36.5 Å². The highest BCUT2D eigenvalue weighted by Gasteiger charge is 2.28. The standard InChI is InChI=1S/C34H32FN4O4/c35-30-13-24(17-37-8-11-40)14-34-29(30)16-33(43-34)25-5-9-38(10-6-25)22-41-28-20-39(21-28)19-23-3-4-31-27(12-23)15-32(42-31)26-2-1-7-36-18-26/h1-7,9-10,12-16,18,28,37,40H,8,11,17,19-22H2/q+1. The number of furan rings is 2. The highest BCUT2D eigenvalue weighted by molar-refractivity contribution is 5.84. The summed E-state index contributed by atoms with van der Waals surface area (Å²) in [5.74, 6) is 1.12. The summed E-state index contributed by atoms with van der Waals surface area (Å²) in [5.41, 5.74) is 5.23. The summed E-state index contributed by atoms with van der Waals surface area (Å²) in [6.07, 6.45) is 7.64. The zero-order valence-corrected chi connectivity index (χ0v) is 23.6. The summed E-state index contributed by atoms with van der Waals surface area (Å²) in [7, 11) is 0. The Bertz CT molecular complexity index is 1850. The molecule has 1 aliphatic heterocycles. The van der Waals surface area contributed by atoms with Gasteiger partial charge in [0, 0.05) is 73.8 Å². The Kier molecular flexibility index (Phi) is 7.69. The van der Waals surface area contributed by atoms with Crippen molar-refractivity contribution >= 4 is 21.9 Å². The van der Waals surface area contributed by atoms with Gasteiger partial charge in [-0.15, -0.1) is 0 Å². The number of nitrogens with one attached hydrogen (secondary N) is 1. The molecule has 1 aliphatic rings. The van der Waals surface area contributed by atoms with Gasteiger partial charge in [-0.2, -0.15) is 4.57 Å². The van der Waals surface area contributed by atoms with Crippen LogP contribution in [0.2, 0.25) is 0 Å². The number of benzene rings is 2. The van der Waals surface area contributed by atoms with Gasteiger partial charge in [0.1, 0.15) is 28.5 Å². The minimum absolute atomic E-state index is 0.0352. The lowest BCUT2D eigenvalue weighted by molar-refractivity contribution is -0.735. The second-order valence-corrected chi connectivity index (χ2v) is 10.9. The highest BCUT2D eigenvalue weighted by atomic mass is 19.1. The van der Waals surface area contributed by atoms with E-state index in [2.05, 4.69) is 33.4 Å². The van der Waals surface area contributed by atoms with Crippen molar-refractivity contribution in [2.75, 3.05) is 26.2 Å². The number of pyridine rings is 2. The van der Waals surface area contributed by atoms with Crippen LogP contribution in [0.25, 0.3) is 44.6 Å². The number of rotatable bonds is 11. The first-order valence-corrected chi connectivity index (χ1v) is 14.4. The Morgan fingerprint density at radius 2 is 1.79 bits per heavy atom. The zero-order valence-electron chi connectivity index (χ0n) is 23.6. The van der Waals surface area contributed by atoms with Crippen LogP contribution < -0.4 is 9.88 Å². The fourth-order valence-corrected chi connectivity index (χ4v) is 5.46. The van der Waals surface area contributed by atoms with E-state index in [1.165, 1.54) is 11.6 Å². The van der Waals surface area contributed by atoms with Crippen molar-refractivity contribution < 1.29 is 27.6 Å². The number of aliphatic hydroxyl groups is 1. The summed E-state index contributed by atoms with van der Waals surface area (Å²) < 4.78 is 34.8. The largest absolute Gasteiger partial charge is 0.456 e. The number of hydrogen-bond acceptors (Lipinski definition) is 7. The number of ether oxygens (including phenoxy) is 1. The number of likely N-dealkylation sites (tertiary alicyclic amines) is 1. The van der Waals surface area contributed by atoms with Crippen LogP contribution in [-0.4, -0.2) is 47.3 Å². The zero-order chi connectivity index (χ0) is 29.2. The molecule has 0 unspecified atom stereocenters. The Morgan fingerprint density at radius 1 is 0.953 bits per heavy atom. The second-order valence-electron chi connectivity index (χ2n) is 10.9. The van der Waals surface area contributed by atoms with Crippen LogP contribution in [0.5, 0.6) is 0 Å². The lowest BCUT2D eigenvalue weighted by atomic mass is 10.1. The molecule has 43 heavy (non-hydrogen) atoms. The van der Waals surface area contributed by atoms with E-state index in [1.54, 1.807) is 12.3 Å². The number of hydrogen-bond donors (Lipinski definition) is 2. The quantitative estimate of drug-likeness (QED) is 0.160. The average molecular weight is 580 g/mol. The van der Waals surface area contributed by atoms with Crippen LogP contribution in [0.3, 0.4) is 0 Å². The third-order valence-electron chi connectivity index (χ3n) is 7.76. The minimum atomic E-state index is -0.320. The van der Waals surface area contributed by atoms with Crippen LogP contribution in [0.15, 0.2) is 100 Å². The number of fused-ring (bicyclic) bond motifs is 2. The lowest BCUT2D eigenvalue weighted by Gasteiger charge is -2.38. The fourth-order valence-electron chi connectivity index (χ4n) is 5.46. The first-order chi connectivity index (χ1) is 21.1. The molecule has 2 N–H and O–H groups in total. The summed E-state index contributed by atoms with van der Waals surface area (Å²) in [5, 5.41) is 13.5. The molecule has 2 aromatic carbocycles. The van der Waals surface area contributed by atoms with Crippen molar-refractivity contribution in [3.63, 3.8) is 0 Å². The Labute approximate surface area is 248 Å². The molecule has 8 nitrogen and oxygen atoms in total. The van der Waals surface area contributed by atoms with Crippen molar-refractivity contribution in [3.05, 3.63) is 108 Å². The molecule has 0 atom stereocenters. The molecule has 1 saturated heterocycles. The van der Waals surface area contributed by atoms with Crippen molar-refractivity contribution in [3.8, 4) is 22.6 Å². The van der Waals surface area contributed by atoms with Gasteiger partial charge in [0.15, 0.2) is 12.4 Å². The van der Waals surface area contributed by atoms with Gasteiger partial charge in [0.05, 0.1) is 18.1 Å². The molecule has 0 amide bonds. The van der Waals surface area contributed by atoms with Gasteiger partial charge < -0.3 is 24.0 Å². The van der Waals surface area contributed by atoms with Gasteiger partial charge in [-0.3, -0.25) is 9.88 Å². The van der Waals surface area contributed by atoms with Gasteiger partial charge in [0.25, 0.3) is 6.73 Å². The molecule has 6 aromatic rings. The fraction of sp³-hybridized carbons (Fsp3) is 0.235. The molecule has 0 saturated carbocycles.